The molecule has 0 radical (unpaired) electrons. The Kier molecular flexibility index (Phi) is 6.90. The van der Waals surface area contributed by atoms with Gasteiger partial charge in [-0.1, -0.05) is 69.1 Å². The van der Waals surface area contributed by atoms with E-state index in [-0.39, 0.29) is 16.7 Å². The van der Waals surface area contributed by atoms with Crippen molar-refractivity contribution < 1.29 is 9.21 Å². The third-order valence-electron chi connectivity index (χ3n) is 7.25. The first kappa shape index (κ1) is 24.9. The summed E-state index contributed by atoms with van der Waals surface area (Å²) < 4.78 is 5.93. The molecule has 3 nitrogen and oxygen atoms in total. The predicted octanol–water partition coefficient (Wildman–Crippen LogP) is 7.81. The third kappa shape index (κ3) is 5.21. The highest BCUT2D eigenvalue weighted by Crippen LogP contribution is 2.46. The van der Waals surface area contributed by atoms with Crippen molar-refractivity contribution in [2.45, 2.75) is 71.1 Å². The zero-order valence-electron chi connectivity index (χ0n) is 20.6. The van der Waals surface area contributed by atoms with Crippen LogP contribution < -0.4 is 5.32 Å². The van der Waals surface area contributed by atoms with Gasteiger partial charge < -0.3 is 9.73 Å². The number of aryl methyl sites for hydroxylation is 1. The van der Waals surface area contributed by atoms with Crippen molar-refractivity contribution in [3.05, 3.63) is 91.8 Å². The van der Waals surface area contributed by atoms with Crippen LogP contribution in [0, 0.1) is 6.92 Å². The number of halogens is 2. The largest absolute Gasteiger partial charge is 0.456 e. The highest BCUT2D eigenvalue weighted by molar-refractivity contribution is 6.35. The molecule has 1 aliphatic rings. The lowest BCUT2D eigenvalue weighted by atomic mass is 9.62. The van der Waals surface area contributed by atoms with Gasteiger partial charge in [-0.25, -0.2) is 0 Å². The van der Waals surface area contributed by atoms with Gasteiger partial charge in [0.2, 0.25) is 0 Å². The molecule has 2 aromatic carbocycles. The number of hydrogen-bond donors (Lipinski definition) is 1. The summed E-state index contributed by atoms with van der Waals surface area (Å²) >= 11 is 12.2. The number of amides is 1. The lowest BCUT2D eigenvalue weighted by Crippen LogP contribution is -2.34. The Morgan fingerprint density at radius 2 is 1.62 bits per heavy atom. The fourth-order valence-corrected chi connectivity index (χ4v) is 5.37. The van der Waals surface area contributed by atoms with Gasteiger partial charge in [0.1, 0.15) is 5.76 Å². The van der Waals surface area contributed by atoms with Crippen molar-refractivity contribution >= 4 is 29.1 Å². The van der Waals surface area contributed by atoms with E-state index in [9.17, 15) is 4.79 Å². The molecule has 0 saturated heterocycles. The van der Waals surface area contributed by atoms with Crippen LogP contribution in [0.4, 0.5) is 0 Å². The van der Waals surface area contributed by atoms with E-state index >= 15 is 0 Å². The topological polar surface area (TPSA) is 42.2 Å². The van der Waals surface area contributed by atoms with Crippen molar-refractivity contribution in [1.82, 2.24) is 5.32 Å². The van der Waals surface area contributed by atoms with E-state index < -0.39 is 0 Å². The summed E-state index contributed by atoms with van der Waals surface area (Å²) in [6, 6.07) is 13.8. The van der Waals surface area contributed by atoms with Crippen LogP contribution in [0.1, 0.15) is 84.7 Å². The van der Waals surface area contributed by atoms with Crippen LogP contribution in [0.5, 0.6) is 0 Å². The highest BCUT2D eigenvalue weighted by Gasteiger charge is 2.37. The van der Waals surface area contributed by atoms with E-state index in [0.29, 0.717) is 35.2 Å². The minimum atomic E-state index is -0.221. The number of hydrogen-bond acceptors (Lipinski definition) is 2. The highest BCUT2D eigenvalue weighted by atomic mass is 35.5. The van der Waals surface area contributed by atoms with Gasteiger partial charge in [0.25, 0.3) is 5.91 Å². The second-order valence-corrected chi connectivity index (χ2v) is 11.6. The monoisotopic (exact) mass is 497 g/mol. The molecule has 0 fully saturated rings. The fourth-order valence-electron chi connectivity index (χ4n) is 4.86. The smallest absolute Gasteiger partial charge is 0.287 e. The molecule has 0 unspecified atom stereocenters. The van der Waals surface area contributed by atoms with Gasteiger partial charge in [-0.2, -0.15) is 0 Å². The standard InChI is InChI=1S/C29H33Cl2NO2/c1-18-14-23-24(29(4,5)12-11-28(23,2)3)16-20(18)15-22-8-9-26(34-22)27(33)32-13-10-19-6-7-21(30)17-25(19)31/h6-9,14,16-17H,10-13,15H2,1-5H3,(H,32,33). The van der Waals surface area contributed by atoms with Crippen LogP contribution in [0.15, 0.2) is 46.9 Å². The molecule has 4 rings (SSSR count). The average molecular weight is 498 g/mol. The molecular formula is C29H33Cl2NO2. The zero-order chi connectivity index (χ0) is 24.7. The number of fused-ring (bicyclic) bond motifs is 1. The summed E-state index contributed by atoms with van der Waals surface area (Å²) in [5.74, 6) is 0.900. The summed E-state index contributed by atoms with van der Waals surface area (Å²) in [6.07, 6.45) is 3.67. The van der Waals surface area contributed by atoms with E-state index in [1.165, 1.54) is 35.1 Å². The van der Waals surface area contributed by atoms with Crippen LogP contribution in [0.3, 0.4) is 0 Å². The second-order valence-electron chi connectivity index (χ2n) is 10.8. The normalized spacial score (nSPS) is 16.2. The molecular weight excluding hydrogens is 465 g/mol. The van der Waals surface area contributed by atoms with E-state index in [0.717, 1.165) is 11.3 Å². The van der Waals surface area contributed by atoms with Gasteiger partial charge in [0, 0.05) is 23.0 Å². The predicted molar refractivity (Wildman–Crippen MR) is 140 cm³/mol. The van der Waals surface area contributed by atoms with Crippen molar-refractivity contribution in [3.8, 4) is 0 Å². The number of rotatable bonds is 6. The average Bonchev–Trinajstić information content (AvgIpc) is 3.23. The molecule has 0 atom stereocenters. The van der Waals surface area contributed by atoms with Gasteiger partial charge in [-0.15, -0.1) is 0 Å². The number of carbonyl (C=O) groups is 1. The molecule has 0 saturated carbocycles. The molecule has 0 aliphatic heterocycles. The Morgan fingerprint density at radius 1 is 0.941 bits per heavy atom. The maximum atomic E-state index is 12.6. The van der Waals surface area contributed by atoms with Gasteiger partial charge >= 0.3 is 0 Å². The third-order valence-corrected chi connectivity index (χ3v) is 7.84. The van der Waals surface area contributed by atoms with Crippen molar-refractivity contribution in [3.63, 3.8) is 0 Å². The van der Waals surface area contributed by atoms with Gasteiger partial charge in [-0.05, 0) is 89.1 Å². The molecule has 34 heavy (non-hydrogen) atoms. The lowest BCUT2D eigenvalue weighted by Gasteiger charge is -2.42. The molecule has 1 aromatic heterocycles. The van der Waals surface area contributed by atoms with Gasteiger partial charge in [0.05, 0.1) is 0 Å². The SMILES string of the molecule is Cc1cc2c(cc1Cc1ccc(C(=O)NCCc3ccc(Cl)cc3Cl)o1)C(C)(C)CCC2(C)C. The molecule has 1 heterocycles. The number of furan rings is 1. The molecule has 0 spiro atoms. The molecule has 180 valence electrons. The maximum Gasteiger partial charge on any atom is 0.287 e. The molecule has 3 aromatic rings. The van der Waals surface area contributed by atoms with Crippen molar-refractivity contribution in [2.75, 3.05) is 6.54 Å². The number of carbonyl (C=O) groups excluding carboxylic acids is 1. The summed E-state index contributed by atoms with van der Waals surface area (Å²) in [6.45, 7) is 12.0. The zero-order valence-corrected chi connectivity index (χ0v) is 22.2. The van der Waals surface area contributed by atoms with Crippen LogP contribution in [0.2, 0.25) is 10.0 Å². The van der Waals surface area contributed by atoms with Gasteiger partial charge in [0.15, 0.2) is 5.76 Å². The second kappa shape index (κ2) is 9.43. The van der Waals surface area contributed by atoms with Crippen LogP contribution in [-0.2, 0) is 23.7 Å². The first-order valence-electron chi connectivity index (χ1n) is 11.9. The number of benzene rings is 2. The van der Waals surface area contributed by atoms with E-state index in [2.05, 4.69) is 52.1 Å². The summed E-state index contributed by atoms with van der Waals surface area (Å²) in [7, 11) is 0. The van der Waals surface area contributed by atoms with Crippen molar-refractivity contribution in [1.29, 1.82) is 0 Å². The molecule has 1 amide bonds. The first-order chi connectivity index (χ1) is 16.0. The quantitative estimate of drug-likeness (QED) is 0.377. The first-order valence-corrected chi connectivity index (χ1v) is 12.7. The van der Waals surface area contributed by atoms with Crippen LogP contribution in [-0.4, -0.2) is 12.5 Å². The van der Waals surface area contributed by atoms with Crippen molar-refractivity contribution in [2.24, 2.45) is 0 Å². The Hall–Kier alpha value is -2.23. The van der Waals surface area contributed by atoms with Crippen LogP contribution >= 0.6 is 23.2 Å². The minimum Gasteiger partial charge on any atom is -0.456 e. The summed E-state index contributed by atoms with van der Waals surface area (Å²) in [4.78, 5) is 12.6. The van der Waals surface area contributed by atoms with E-state index in [1.54, 1.807) is 18.2 Å². The van der Waals surface area contributed by atoms with Crippen LogP contribution in [0.25, 0.3) is 0 Å². The number of nitrogens with one attached hydrogen (secondary N) is 1. The molecule has 5 heteroatoms. The summed E-state index contributed by atoms with van der Waals surface area (Å²) in [5, 5.41) is 4.12. The molecule has 1 aliphatic carbocycles. The Labute approximate surface area is 212 Å². The Balaban J connectivity index is 1.44. The molecule has 0 bridgehead atoms. The Bertz CT molecular complexity index is 1220. The summed E-state index contributed by atoms with van der Waals surface area (Å²) in [5.41, 5.74) is 6.73. The van der Waals surface area contributed by atoms with E-state index in [1.807, 2.05) is 12.1 Å². The van der Waals surface area contributed by atoms with E-state index in [4.69, 9.17) is 27.6 Å². The maximum absolute atomic E-state index is 12.6. The fraction of sp³-hybridized carbons (Fsp3) is 0.414. The molecule has 1 N–H and O–H groups in total. The van der Waals surface area contributed by atoms with Gasteiger partial charge in [-0.3, -0.25) is 4.79 Å². The Morgan fingerprint density at radius 3 is 2.29 bits per heavy atom. The lowest BCUT2D eigenvalue weighted by molar-refractivity contribution is 0.0925. The minimum absolute atomic E-state index is 0.161.